The fraction of sp³-hybridized carbons (Fsp3) is 0.368. The normalized spacial score (nSPS) is 13.4. The van der Waals surface area contributed by atoms with Gasteiger partial charge in [-0.2, -0.15) is 26.3 Å². The summed E-state index contributed by atoms with van der Waals surface area (Å²) >= 11 is 0. The molecule has 2 aromatic carbocycles. The Labute approximate surface area is 162 Å². The smallest absolute Gasteiger partial charge is 0.395 e. The van der Waals surface area contributed by atoms with E-state index >= 15 is 0 Å². The second kappa shape index (κ2) is 9.47. The van der Waals surface area contributed by atoms with Crippen LogP contribution in [0.4, 0.5) is 32.0 Å². The van der Waals surface area contributed by atoms with E-state index < -0.39 is 36.4 Å². The quantitative estimate of drug-likeness (QED) is 0.497. The molecule has 0 spiro atoms. The Morgan fingerprint density at radius 3 is 1.93 bits per heavy atom. The molecule has 2 rings (SSSR count). The zero-order chi connectivity index (χ0) is 21.7. The first-order chi connectivity index (χ1) is 13.5. The van der Waals surface area contributed by atoms with Gasteiger partial charge in [0, 0.05) is 12.2 Å². The summed E-state index contributed by atoms with van der Waals surface area (Å²) < 4.78 is 82.4. The molecule has 0 saturated heterocycles. The van der Waals surface area contributed by atoms with Crippen molar-refractivity contribution in [3.63, 3.8) is 0 Å². The molecule has 0 aliphatic heterocycles. The molecular weight excluding hydrogens is 404 g/mol. The van der Waals surface area contributed by atoms with Gasteiger partial charge in [-0.05, 0) is 35.9 Å². The molecule has 1 unspecified atom stereocenters. The van der Waals surface area contributed by atoms with Gasteiger partial charge >= 0.3 is 12.4 Å². The highest BCUT2D eigenvalue weighted by Gasteiger charge is 2.36. The summed E-state index contributed by atoms with van der Waals surface area (Å²) in [6, 6.07) is 9.77. The summed E-state index contributed by atoms with van der Waals surface area (Å²) in [5.41, 5.74) is -2.62. The van der Waals surface area contributed by atoms with E-state index in [1.807, 2.05) is 0 Å². The highest BCUT2D eigenvalue weighted by Crippen LogP contribution is 2.36. The number of aliphatic hydroxyl groups is 2. The third kappa shape index (κ3) is 6.91. The van der Waals surface area contributed by atoms with Crippen molar-refractivity contribution in [3.8, 4) is 0 Å². The van der Waals surface area contributed by atoms with Gasteiger partial charge in [0.15, 0.2) is 6.29 Å². The second-order valence-corrected chi connectivity index (χ2v) is 6.18. The van der Waals surface area contributed by atoms with Gasteiger partial charge in [-0.3, -0.25) is 0 Å². The Balaban J connectivity index is 2.11. The number of rotatable bonds is 8. The molecule has 0 radical (unpaired) electrons. The lowest BCUT2D eigenvalue weighted by Crippen LogP contribution is -2.35. The summed E-state index contributed by atoms with van der Waals surface area (Å²) in [5, 5.41) is 19.2. The van der Waals surface area contributed by atoms with Gasteiger partial charge in [-0.1, -0.05) is 18.2 Å². The van der Waals surface area contributed by atoms with Gasteiger partial charge in [-0.15, -0.1) is 0 Å². The van der Waals surface area contributed by atoms with Gasteiger partial charge in [0.05, 0.1) is 30.9 Å². The van der Waals surface area contributed by atoms with Gasteiger partial charge in [-0.25, -0.2) is 0 Å². The van der Waals surface area contributed by atoms with E-state index in [9.17, 15) is 31.4 Å². The van der Waals surface area contributed by atoms with Crippen molar-refractivity contribution in [1.82, 2.24) is 0 Å². The SMILES string of the molecule is OCCN(CC(O)OCc1cc(C(F)(F)F)cc(C(F)(F)F)c1)c1ccccc1. The minimum atomic E-state index is -4.96. The number of benzene rings is 2. The van der Waals surface area contributed by atoms with Crippen LogP contribution in [0.3, 0.4) is 0 Å². The lowest BCUT2D eigenvalue weighted by atomic mass is 10.1. The Morgan fingerprint density at radius 2 is 1.45 bits per heavy atom. The molecule has 0 heterocycles. The lowest BCUT2D eigenvalue weighted by molar-refractivity contribution is -0.143. The van der Waals surface area contributed by atoms with Gasteiger partial charge in [0.2, 0.25) is 0 Å². The van der Waals surface area contributed by atoms with Crippen LogP contribution in [0.2, 0.25) is 0 Å². The van der Waals surface area contributed by atoms with Crippen molar-refractivity contribution in [3.05, 3.63) is 65.2 Å². The topological polar surface area (TPSA) is 52.9 Å². The molecule has 1 atom stereocenters. The molecule has 160 valence electrons. The highest BCUT2D eigenvalue weighted by atomic mass is 19.4. The summed E-state index contributed by atoms with van der Waals surface area (Å²) in [7, 11) is 0. The number of nitrogens with zero attached hydrogens (tertiary/aromatic N) is 1. The first-order valence-electron chi connectivity index (χ1n) is 8.49. The molecule has 2 aromatic rings. The van der Waals surface area contributed by atoms with Crippen molar-refractivity contribution in [2.45, 2.75) is 25.2 Å². The summed E-state index contributed by atoms with van der Waals surface area (Å²) in [6.07, 6.45) is -11.4. The average molecular weight is 423 g/mol. The van der Waals surface area contributed by atoms with Crippen LogP contribution in [0.5, 0.6) is 0 Å². The molecular formula is C19H19F6NO3. The van der Waals surface area contributed by atoms with E-state index in [0.29, 0.717) is 17.8 Å². The highest BCUT2D eigenvalue weighted by molar-refractivity contribution is 5.46. The molecule has 4 nitrogen and oxygen atoms in total. The van der Waals surface area contributed by atoms with E-state index in [-0.39, 0.29) is 31.3 Å². The number of ether oxygens (including phenoxy) is 1. The maximum absolute atomic E-state index is 12.9. The van der Waals surface area contributed by atoms with Crippen LogP contribution in [0.25, 0.3) is 0 Å². The largest absolute Gasteiger partial charge is 0.416 e. The number of alkyl halides is 6. The molecule has 0 aromatic heterocycles. The van der Waals surface area contributed by atoms with Crippen LogP contribution in [-0.4, -0.2) is 36.2 Å². The molecule has 0 saturated carbocycles. The Morgan fingerprint density at radius 1 is 0.897 bits per heavy atom. The predicted molar refractivity (Wildman–Crippen MR) is 93.0 cm³/mol. The van der Waals surface area contributed by atoms with Crippen molar-refractivity contribution < 1.29 is 41.3 Å². The molecule has 0 aliphatic carbocycles. The number of halogens is 6. The van der Waals surface area contributed by atoms with Crippen LogP contribution in [0.1, 0.15) is 16.7 Å². The van der Waals surface area contributed by atoms with Crippen LogP contribution in [0.15, 0.2) is 48.5 Å². The molecule has 0 aliphatic rings. The monoisotopic (exact) mass is 423 g/mol. The Hall–Kier alpha value is -2.30. The summed E-state index contributed by atoms with van der Waals surface area (Å²) in [4.78, 5) is 1.57. The third-order valence-electron chi connectivity index (χ3n) is 3.96. The maximum atomic E-state index is 12.9. The van der Waals surface area contributed by atoms with Gasteiger partial charge in [0.1, 0.15) is 0 Å². The molecule has 0 fully saturated rings. The average Bonchev–Trinajstić information content (AvgIpc) is 2.65. The van der Waals surface area contributed by atoms with Crippen molar-refractivity contribution >= 4 is 5.69 Å². The number of aliphatic hydroxyl groups excluding tert-OH is 2. The Kier molecular flexibility index (Phi) is 7.50. The fourth-order valence-corrected chi connectivity index (χ4v) is 2.62. The maximum Gasteiger partial charge on any atom is 0.416 e. The molecule has 2 N–H and O–H groups in total. The summed E-state index contributed by atoms with van der Waals surface area (Å²) in [6.45, 7) is -0.887. The van der Waals surface area contributed by atoms with Crippen molar-refractivity contribution in [2.24, 2.45) is 0 Å². The van der Waals surface area contributed by atoms with E-state index in [1.165, 1.54) is 0 Å². The Bertz CT molecular complexity index is 747. The molecule has 0 amide bonds. The third-order valence-corrected chi connectivity index (χ3v) is 3.96. The van der Waals surface area contributed by atoms with E-state index in [1.54, 1.807) is 35.2 Å². The first kappa shape index (κ1) is 23.0. The van der Waals surface area contributed by atoms with Crippen LogP contribution < -0.4 is 4.90 Å². The van der Waals surface area contributed by atoms with Crippen LogP contribution in [-0.2, 0) is 23.7 Å². The number of anilines is 1. The number of hydrogen-bond donors (Lipinski definition) is 2. The van der Waals surface area contributed by atoms with E-state index in [2.05, 4.69) is 0 Å². The van der Waals surface area contributed by atoms with E-state index in [4.69, 9.17) is 9.84 Å². The fourth-order valence-electron chi connectivity index (χ4n) is 2.62. The van der Waals surface area contributed by atoms with Gasteiger partial charge in [0.25, 0.3) is 0 Å². The van der Waals surface area contributed by atoms with Crippen molar-refractivity contribution in [1.29, 1.82) is 0 Å². The second-order valence-electron chi connectivity index (χ2n) is 6.18. The summed E-state index contributed by atoms with van der Waals surface area (Å²) in [5.74, 6) is 0. The minimum absolute atomic E-state index is 0.0261. The first-order valence-corrected chi connectivity index (χ1v) is 8.49. The van der Waals surface area contributed by atoms with Crippen LogP contribution >= 0.6 is 0 Å². The molecule has 29 heavy (non-hydrogen) atoms. The minimum Gasteiger partial charge on any atom is -0.395 e. The zero-order valence-electron chi connectivity index (χ0n) is 15.0. The van der Waals surface area contributed by atoms with E-state index in [0.717, 1.165) is 0 Å². The zero-order valence-corrected chi connectivity index (χ0v) is 15.0. The number of hydrogen-bond acceptors (Lipinski definition) is 4. The predicted octanol–water partition coefficient (Wildman–Crippen LogP) is 4.06. The van der Waals surface area contributed by atoms with Crippen LogP contribution in [0, 0.1) is 0 Å². The van der Waals surface area contributed by atoms with Gasteiger partial charge < -0.3 is 19.8 Å². The lowest BCUT2D eigenvalue weighted by Gasteiger charge is -2.26. The molecule has 0 bridgehead atoms. The standard InChI is InChI=1S/C19H19F6NO3/c20-18(21,22)14-8-13(9-15(10-14)19(23,24)25)12-29-17(28)11-26(6-7-27)16-4-2-1-3-5-16/h1-5,8-10,17,27-28H,6-7,11-12H2. The number of para-hydroxylation sites is 1. The molecule has 10 heteroatoms. The van der Waals surface area contributed by atoms with Crippen molar-refractivity contribution in [2.75, 3.05) is 24.6 Å².